The summed E-state index contributed by atoms with van der Waals surface area (Å²) in [5.74, 6) is 0. The highest BCUT2D eigenvalue weighted by Gasteiger charge is 2.11. The fraction of sp³-hybridized carbons (Fsp3) is 0.0769. The molecule has 0 atom stereocenters. The van der Waals surface area contributed by atoms with Crippen LogP contribution in [0.4, 0.5) is 8.96 Å². The molecule has 4 heteroatoms. The second-order valence-corrected chi connectivity index (χ2v) is 3.91. The molecule has 17 heavy (non-hydrogen) atoms. The van der Waals surface area contributed by atoms with E-state index in [9.17, 15) is 8.96 Å². The number of fused-ring (bicyclic) bond motifs is 3. The van der Waals surface area contributed by atoms with E-state index in [1.807, 2.05) is 48.5 Å². The summed E-state index contributed by atoms with van der Waals surface area (Å²) in [5, 5.41) is 1.20. The first-order chi connectivity index (χ1) is 8.27. The van der Waals surface area contributed by atoms with Crippen molar-refractivity contribution in [1.29, 1.82) is 0 Å². The summed E-state index contributed by atoms with van der Waals surface area (Å²) in [6, 6.07) is 15.2. The molecule has 3 rings (SSSR count). The van der Waals surface area contributed by atoms with Crippen LogP contribution in [0.5, 0.6) is 0 Å². The van der Waals surface area contributed by atoms with Crippen LogP contribution in [0.2, 0.25) is 0 Å². The van der Waals surface area contributed by atoms with E-state index in [2.05, 4.69) is 0 Å². The van der Waals surface area contributed by atoms with Gasteiger partial charge < -0.3 is 4.57 Å². The standard InChI is InChI=1S/C13H10F2N2/c14-17(15)9-16-12-7-3-1-5-10(12)11-6-2-4-8-13(11)16/h1-8H,9H2. The van der Waals surface area contributed by atoms with Crippen molar-refractivity contribution in [3.8, 4) is 0 Å². The van der Waals surface area contributed by atoms with Crippen molar-refractivity contribution in [2.75, 3.05) is 0 Å². The van der Waals surface area contributed by atoms with Gasteiger partial charge in [-0.25, -0.2) is 0 Å². The average molecular weight is 232 g/mol. The lowest BCUT2D eigenvalue weighted by molar-refractivity contribution is -0.176. The normalized spacial score (nSPS) is 11.7. The molecule has 0 aliphatic rings. The molecule has 0 N–H and O–H groups in total. The summed E-state index contributed by atoms with van der Waals surface area (Å²) in [4.78, 5) is 0. The van der Waals surface area contributed by atoms with E-state index >= 15 is 0 Å². The molecule has 2 nitrogen and oxygen atoms in total. The van der Waals surface area contributed by atoms with Crippen LogP contribution in [0.3, 0.4) is 0 Å². The van der Waals surface area contributed by atoms with Crippen molar-refractivity contribution >= 4 is 21.8 Å². The molecule has 3 aromatic rings. The Bertz CT molecular complexity index is 620. The van der Waals surface area contributed by atoms with Gasteiger partial charge in [0.25, 0.3) is 0 Å². The summed E-state index contributed by atoms with van der Waals surface area (Å²) >= 11 is 0. The van der Waals surface area contributed by atoms with E-state index in [4.69, 9.17) is 0 Å². The Labute approximate surface area is 96.5 Å². The number of halogens is 2. The maximum absolute atomic E-state index is 12.5. The highest BCUT2D eigenvalue weighted by atomic mass is 19.4. The van der Waals surface area contributed by atoms with Gasteiger partial charge in [-0.1, -0.05) is 45.4 Å². The predicted molar refractivity (Wildman–Crippen MR) is 63.5 cm³/mol. The van der Waals surface area contributed by atoms with Gasteiger partial charge in [0.2, 0.25) is 0 Å². The molecule has 0 fully saturated rings. The minimum absolute atomic E-state index is 0.423. The van der Waals surface area contributed by atoms with Crippen LogP contribution in [0.25, 0.3) is 21.8 Å². The topological polar surface area (TPSA) is 8.17 Å². The molecule has 0 spiro atoms. The van der Waals surface area contributed by atoms with Gasteiger partial charge in [-0.3, -0.25) is 0 Å². The number of aromatic nitrogens is 1. The monoisotopic (exact) mass is 232 g/mol. The number of hydrogen-bond donors (Lipinski definition) is 0. The molecule has 0 amide bonds. The largest absolute Gasteiger partial charge is 0.321 e. The number of para-hydroxylation sites is 2. The second-order valence-electron chi connectivity index (χ2n) is 3.91. The van der Waals surface area contributed by atoms with E-state index in [0.717, 1.165) is 21.8 Å². The van der Waals surface area contributed by atoms with Crippen LogP contribution in [-0.2, 0) is 6.67 Å². The highest BCUT2D eigenvalue weighted by Crippen LogP contribution is 2.28. The summed E-state index contributed by atoms with van der Waals surface area (Å²) in [6.07, 6.45) is 0. The third kappa shape index (κ3) is 1.57. The minimum atomic E-state index is -0.807. The SMILES string of the molecule is FN(F)Cn1c2ccccc2c2ccccc21. The maximum Gasteiger partial charge on any atom is 0.137 e. The van der Waals surface area contributed by atoms with E-state index < -0.39 is 12.0 Å². The first kappa shape index (κ1) is 10.2. The molecular weight excluding hydrogens is 222 g/mol. The second kappa shape index (κ2) is 3.82. The Kier molecular flexibility index (Phi) is 2.30. The zero-order valence-electron chi connectivity index (χ0n) is 8.98. The van der Waals surface area contributed by atoms with Gasteiger partial charge in [0.15, 0.2) is 0 Å². The maximum atomic E-state index is 12.5. The molecule has 1 aromatic heterocycles. The van der Waals surface area contributed by atoms with Gasteiger partial charge in [0.1, 0.15) is 6.67 Å². The first-order valence-corrected chi connectivity index (χ1v) is 5.32. The predicted octanol–water partition coefficient (Wildman–Crippen LogP) is 3.82. The van der Waals surface area contributed by atoms with Gasteiger partial charge >= 0.3 is 0 Å². The lowest BCUT2D eigenvalue weighted by Crippen LogP contribution is -2.08. The molecule has 0 saturated heterocycles. The van der Waals surface area contributed by atoms with Gasteiger partial charge in [-0.05, 0) is 12.1 Å². The number of benzene rings is 2. The van der Waals surface area contributed by atoms with Crippen molar-refractivity contribution in [3.05, 3.63) is 48.5 Å². The smallest absolute Gasteiger partial charge is 0.137 e. The zero-order valence-corrected chi connectivity index (χ0v) is 8.98. The molecule has 86 valence electrons. The van der Waals surface area contributed by atoms with Crippen molar-refractivity contribution in [1.82, 2.24) is 9.91 Å². The number of hydrogen-bond acceptors (Lipinski definition) is 1. The lowest BCUT2D eigenvalue weighted by atomic mass is 10.2. The molecule has 0 saturated carbocycles. The van der Waals surface area contributed by atoms with E-state index in [0.29, 0.717) is 0 Å². The van der Waals surface area contributed by atoms with Crippen LogP contribution in [0, 0.1) is 0 Å². The molecule has 0 radical (unpaired) electrons. The minimum Gasteiger partial charge on any atom is -0.321 e. The quantitative estimate of drug-likeness (QED) is 0.610. The van der Waals surface area contributed by atoms with Crippen LogP contribution in [0.1, 0.15) is 0 Å². The molecule has 1 heterocycles. The molecule has 0 bridgehead atoms. The Morgan fingerprint density at radius 2 is 1.29 bits per heavy atom. The Morgan fingerprint density at radius 1 is 0.824 bits per heavy atom. The van der Waals surface area contributed by atoms with Crippen LogP contribution < -0.4 is 0 Å². The third-order valence-electron chi connectivity index (χ3n) is 2.93. The Balaban J connectivity index is 2.41. The first-order valence-electron chi connectivity index (χ1n) is 5.32. The van der Waals surface area contributed by atoms with Crippen LogP contribution in [0.15, 0.2) is 48.5 Å². The van der Waals surface area contributed by atoms with Crippen molar-refractivity contribution in [3.63, 3.8) is 0 Å². The number of nitrogens with zero attached hydrogens (tertiary/aromatic N) is 2. The summed E-state index contributed by atoms with van der Waals surface area (Å²) in [5.41, 5.74) is 1.66. The Hall–Kier alpha value is -1.94. The molecule has 0 unspecified atom stereocenters. The van der Waals surface area contributed by atoms with E-state index in [1.54, 1.807) is 4.57 Å². The molecule has 2 aromatic carbocycles. The molecule has 0 aliphatic carbocycles. The van der Waals surface area contributed by atoms with Crippen molar-refractivity contribution < 1.29 is 8.96 Å². The van der Waals surface area contributed by atoms with Gasteiger partial charge in [-0.15, -0.1) is 0 Å². The Morgan fingerprint density at radius 3 is 1.76 bits per heavy atom. The summed E-state index contributed by atoms with van der Waals surface area (Å²) in [6.45, 7) is -0.423. The summed E-state index contributed by atoms with van der Waals surface area (Å²) in [7, 11) is 0. The van der Waals surface area contributed by atoms with Crippen molar-refractivity contribution in [2.24, 2.45) is 0 Å². The molecular formula is C13H10F2N2. The van der Waals surface area contributed by atoms with E-state index in [1.165, 1.54) is 0 Å². The van der Waals surface area contributed by atoms with Crippen LogP contribution >= 0.6 is 0 Å². The van der Waals surface area contributed by atoms with Crippen LogP contribution in [-0.4, -0.2) is 9.91 Å². The average Bonchev–Trinajstić information content (AvgIpc) is 2.65. The highest BCUT2D eigenvalue weighted by molar-refractivity contribution is 6.07. The van der Waals surface area contributed by atoms with Gasteiger partial charge in [0.05, 0.1) is 11.0 Å². The molecule has 0 aliphatic heterocycles. The summed E-state index contributed by atoms with van der Waals surface area (Å²) < 4.78 is 26.5. The lowest BCUT2D eigenvalue weighted by Gasteiger charge is -2.06. The number of rotatable bonds is 2. The van der Waals surface area contributed by atoms with Gasteiger partial charge in [-0.2, -0.15) is 0 Å². The van der Waals surface area contributed by atoms with Gasteiger partial charge in [0, 0.05) is 16.1 Å². The zero-order chi connectivity index (χ0) is 11.8. The fourth-order valence-electron chi connectivity index (χ4n) is 2.26. The van der Waals surface area contributed by atoms with E-state index in [-0.39, 0.29) is 0 Å². The third-order valence-corrected chi connectivity index (χ3v) is 2.93. The van der Waals surface area contributed by atoms with Crippen molar-refractivity contribution in [2.45, 2.75) is 6.67 Å². The fourth-order valence-corrected chi connectivity index (χ4v) is 2.26.